The van der Waals surface area contributed by atoms with Crippen LogP contribution in [0.5, 0.6) is 0 Å². The molecule has 0 aliphatic heterocycles. The van der Waals surface area contributed by atoms with E-state index >= 15 is 0 Å². The van der Waals surface area contributed by atoms with E-state index in [1.807, 2.05) is 45.0 Å². The summed E-state index contributed by atoms with van der Waals surface area (Å²) in [5.74, 6) is -1.07. The maximum Gasteiger partial charge on any atom is 0.418 e. The molecule has 1 atom stereocenters. The summed E-state index contributed by atoms with van der Waals surface area (Å²) < 4.78 is 16.6. The number of carbonyl (C=O) groups is 3. The van der Waals surface area contributed by atoms with Gasteiger partial charge < -0.3 is 14.2 Å². The molecule has 0 fully saturated rings. The quantitative estimate of drug-likeness (QED) is 0.348. The number of fused-ring (bicyclic) bond motifs is 1. The topological polar surface area (TPSA) is 83.8 Å². The molecule has 164 valence electrons. The minimum Gasteiger partial charge on any atom is -0.469 e. The van der Waals surface area contributed by atoms with Gasteiger partial charge in [0, 0.05) is 18.0 Å². The molecule has 0 spiro atoms. The molecule has 1 aromatic carbocycles. The Kier molecular flexibility index (Phi) is 8.03. The van der Waals surface area contributed by atoms with Crippen molar-refractivity contribution in [3.63, 3.8) is 0 Å². The average molecular weight is 418 g/mol. The minimum absolute atomic E-state index is 0.215. The third-order valence-corrected chi connectivity index (χ3v) is 4.77. The average Bonchev–Trinajstić information content (AvgIpc) is 3.07. The first-order valence-corrected chi connectivity index (χ1v) is 10.2. The van der Waals surface area contributed by atoms with Crippen molar-refractivity contribution in [2.24, 2.45) is 0 Å². The fourth-order valence-electron chi connectivity index (χ4n) is 3.46. The molecule has 1 unspecified atom stereocenters. The number of hydrogen-bond donors (Lipinski definition) is 0. The Bertz CT molecular complexity index is 893. The van der Waals surface area contributed by atoms with E-state index in [1.54, 1.807) is 6.20 Å². The Hall–Kier alpha value is -2.83. The second-order valence-electron chi connectivity index (χ2n) is 8.20. The van der Waals surface area contributed by atoms with E-state index in [0.717, 1.165) is 23.8 Å². The van der Waals surface area contributed by atoms with Crippen LogP contribution in [0.3, 0.4) is 0 Å². The highest BCUT2D eigenvalue weighted by molar-refractivity contribution is 5.95. The van der Waals surface area contributed by atoms with Gasteiger partial charge in [0.2, 0.25) is 0 Å². The molecule has 0 saturated heterocycles. The third kappa shape index (κ3) is 6.08. The largest absolute Gasteiger partial charge is 0.469 e. The summed E-state index contributed by atoms with van der Waals surface area (Å²) in [7, 11) is 2.68. The van der Waals surface area contributed by atoms with Gasteiger partial charge >= 0.3 is 18.0 Å². The molecule has 1 heterocycles. The van der Waals surface area contributed by atoms with Gasteiger partial charge in [-0.25, -0.2) is 4.79 Å². The van der Waals surface area contributed by atoms with Crippen LogP contribution in [0.25, 0.3) is 10.9 Å². The van der Waals surface area contributed by atoms with Crippen molar-refractivity contribution in [1.29, 1.82) is 0 Å². The first kappa shape index (κ1) is 23.4. The van der Waals surface area contributed by atoms with Crippen molar-refractivity contribution >= 4 is 28.9 Å². The number of esters is 2. The molecule has 0 saturated carbocycles. The number of benzene rings is 1. The van der Waals surface area contributed by atoms with Gasteiger partial charge in [0.1, 0.15) is 5.60 Å². The highest BCUT2D eigenvalue weighted by Gasteiger charge is 2.26. The van der Waals surface area contributed by atoms with Crippen molar-refractivity contribution in [3.05, 3.63) is 36.0 Å². The summed E-state index contributed by atoms with van der Waals surface area (Å²) in [4.78, 5) is 36.5. The Morgan fingerprint density at radius 3 is 2.33 bits per heavy atom. The summed E-state index contributed by atoms with van der Waals surface area (Å²) in [6.07, 6.45) is 4.24. The third-order valence-electron chi connectivity index (χ3n) is 4.77. The summed E-state index contributed by atoms with van der Waals surface area (Å²) in [5, 5.41) is 0.812. The Morgan fingerprint density at radius 2 is 1.70 bits per heavy atom. The van der Waals surface area contributed by atoms with Crippen LogP contribution in [0.1, 0.15) is 64.4 Å². The molecule has 2 aromatic rings. The van der Waals surface area contributed by atoms with Crippen LogP contribution < -0.4 is 0 Å². The van der Waals surface area contributed by atoms with E-state index in [0.29, 0.717) is 24.8 Å². The molecule has 0 amide bonds. The van der Waals surface area contributed by atoms with Crippen LogP contribution in [-0.2, 0) is 23.8 Å². The molecule has 0 aliphatic carbocycles. The van der Waals surface area contributed by atoms with Gasteiger partial charge in [0.15, 0.2) is 0 Å². The van der Waals surface area contributed by atoms with Gasteiger partial charge in [-0.15, -0.1) is 0 Å². The predicted octanol–water partition coefficient (Wildman–Crippen LogP) is 4.80. The van der Waals surface area contributed by atoms with E-state index in [-0.39, 0.29) is 11.9 Å². The Balaban J connectivity index is 2.09. The molecule has 1 aromatic heterocycles. The lowest BCUT2D eigenvalue weighted by Crippen LogP contribution is -2.23. The highest BCUT2D eigenvalue weighted by atomic mass is 16.6. The standard InChI is InChI=1S/C23H31NO6/c1-23(2,3)30-20(25)14-8-6-7-12-17(21(26)28-4)18-15-24(22(27)29-5)19-13-10-9-11-16(18)19/h9-11,13,15,17H,6-8,12,14H2,1-5H3. The maximum atomic E-state index is 12.5. The van der Waals surface area contributed by atoms with E-state index < -0.39 is 17.6 Å². The Labute approximate surface area is 177 Å². The molecule has 0 N–H and O–H groups in total. The van der Waals surface area contributed by atoms with Crippen molar-refractivity contribution in [2.45, 2.75) is 64.4 Å². The summed E-state index contributed by atoms with van der Waals surface area (Å²) in [6, 6.07) is 7.38. The predicted molar refractivity (Wildman–Crippen MR) is 113 cm³/mol. The number of rotatable bonds is 8. The van der Waals surface area contributed by atoms with E-state index in [9.17, 15) is 14.4 Å². The summed E-state index contributed by atoms with van der Waals surface area (Å²) in [6.45, 7) is 5.53. The van der Waals surface area contributed by atoms with Crippen molar-refractivity contribution in [1.82, 2.24) is 4.57 Å². The number of carbonyl (C=O) groups excluding carboxylic acids is 3. The van der Waals surface area contributed by atoms with Gasteiger partial charge in [-0.05, 0) is 45.2 Å². The second kappa shape index (κ2) is 10.3. The first-order valence-electron chi connectivity index (χ1n) is 10.2. The molecule has 7 nitrogen and oxygen atoms in total. The fourth-order valence-corrected chi connectivity index (χ4v) is 3.46. The Morgan fingerprint density at radius 1 is 1.00 bits per heavy atom. The number of aromatic nitrogens is 1. The van der Waals surface area contributed by atoms with Gasteiger partial charge in [-0.3, -0.25) is 14.2 Å². The van der Waals surface area contributed by atoms with E-state index in [2.05, 4.69) is 0 Å². The van der Waals surface area contributed by atoms with E-state index in [4.69, 9.17) is 14.2 Å². The molecule has 0 bridgehead atoms. The molecular formula is C23H31NO6. The molecule has 2 rings (SSSR count). The van der Waals surface area contributed by atoms with Crippen LogP contribution in [-0.4, -0.2) is 42.4 Å². The van der Waals surface area contributed by atoms with Crippen LogP contribution in [0, 0.1) is 0 Å². The number of unbranched alkanes of at least 4 members (excludes halogenated alkanes) is 2. The number of ether oxygens (including phenoxy) is 3. The molecular weight excluding hydrogens is 386 g/mol. The highest BCUT2D eigenvalue weighted by Crippen LogP contribution is 2.32. The lowest BCUT2D eigenvalue weighted by atomic mass is 9.92. The normalized spacial score (nSPS) is 12.4. The zero-order chi connectivity index (χ0) is 22.3. The second-order valence-corrected chi connectivity index (χ2v) is 8.20. The fraction of sp³-hybridized carbons (Fsp3) is 0.522. The zero-order valence-electron chi connectivity index (χ0n) is 18.4. The van der Waals surface area contributed by atoms with Crippen molar-refractivity contribution < 1.29 is 28.6 Å². The summed E-state index contributed by atoms with van der Waals surface area (Å²) in [5.41, 5.74) is 0.925. The molecule has 7 heteroatoms. The van der Waals surface area contributed by atoms with Crippen LogP contribution in [0.15, 0.2) is 30.5 Å². The maximum absolute atomic E-state index is 12.5. The van der Waals surface area contributed by atoms with E-state index in [1.165, 1.54) is 18.8 Å². The van der Waals surface area contributed by atoms with Crippen LogP contribution in [0.4, 0.5) is 4.79 Å². The van der Waals surface area contributed by atoms with Gasteiger partial charge in [0.25, 0.3) is 0 Å². The van der Waals surface area contributed by atoms with Crippen molar-refractivity contribution in [2.75, 3.05) is 14.2 Å². The first-order chi connectivity index (χ1) is 14.2. The number of methoxy groups -OCH3 is 2. The van der Waals surface area contributed by atoms with Crippen LogP contribution >= 0.6 is 0 Å². The molecule has 30 heavy (non-hydrogen) atoms. The lowest BCUT2D eigenvalue weighted by molar-refractivity contribution is -0.155. The lowest BCUT2D eigenvalue weighted by Gasteiger charge is -2.19. The number of para-hydroxylation sites is 1. The molecule has 0 radical (unpaired) electrons. The number of hydrogen-bond acceptors (Lipinski definition) is 6. The smallest absolute Gasteiger partial charge is 0.418 e. The van der Waals surface area contributed by atoms with Crippen LogP contribution in [0.2, 0.25) is 0 Å². The summed E-state index contributed by atoms with van der Waals surface area (Å²) >= 11 is 0. The minimum atomic E-state index is -0.515. The van der Waals surface area contributed by atoms with Crippen molar-refractivity contribution in [3.8, 4) is 0 Å². The SMILES string of the molecule is COC(=O)C(CCCCCC(=O)OC(C)(C)C)c1cn(C(=O)OC)c2ccccc12. The van der Waals surface area contributed by atoms with Gasteiger partial charge in [0.05, 0.1) is 25.7 Å². The van der Waals surface area contributed by atoms with Gasteiger partial charge in [-0.1, -0.05) is 31.0 Å². The monoisotopic (exact) mass is 417 g/mol. The van der Waals surface area contributed by atoms with Gasteiger partial charge in [-0.2, -0.15) is 0 Å². The number of nitrogens with zero attached hydrogens (tertiary/aromatic N) is 1. The zero-order valence-corrected chi connectivity index (χ0v) is 18.4. The molecule has 0 aliphatic rings.